The molecule has 134 valence electrons. The van der Waals surface area contributed by atoms with Crippen LogP contribution in [0.3, 0.4) is 0 Å². The summed E-state index contributed by atoms with van der Waals surface area (Å²) in [5.41, 5.74) is 4.04. The number of benzene rings is 1. The zero-order valence-electron chi connectivity index (χ0n) is 15.3. The molecule has 5 heteroatoms. The van der Waals surface area contributed by atoms with Crippen molar-refractivity contribution in [3.8, 4) is 12.3 Å². The molecule has 1 aromatic carbocycles. The fraction of sp³-hybridized carbons (Fsp3) is 0.500. The number of rotatable bonds is 5. The van der Waals surface area contributed by atoms with Gasteiger partial charge in [0.2, 0.25) is 11.8 Å². The van der Waals surface area contributed by atoms with Crippen molar-refractivity contribution in [2.75, 3.05) is 31.5 Å². The lowest BCUT2D eigenvalue weighted by Gasteiger charge is -2.29. The van der Waals surface area contributed by atoms with Crippen LogP contribution < -0.4 is 10.6 Å². The lowest BCUT2D eigenvalue weighted by molar-refractivity contribution is -0.128. The summed E-state index contributed by atoms with van der Waals surface area (Å²) in [7, 11) is 0. The summed E-state index contributed by atoms with van der Waals surface area (Å²) in [5.74, 6) is 2.34. The van der Waals surface area contributed by atoms with Gasteiger partial charge in [0.25, 0.3) is 0 Å². The molecule has 1 aliphatic rings. The molecule has 1 aliphatic heterocycles. The largest absolute Gasteiger partial charge is 0.347 e. The molecule has 2 amide bonds. The Kier molecular flexibility index (Phi) is 6.60. The SMILES string of the molecule is C#CCN1CCC(C(=O)NCC(=O)Nc2c(C)cc(C)cc2C)CC1. The van der Waals surface area contributed by atoms with Crippen LogP contribution in [0.1, 0.15) is 29.5 Å². The minimum Gasteiger partial charge on any atom is -0.347 e. The van der Waals surface area contributed by atoms with Crippen LogP contribution in [0.5, 0.6) is 0 Å². The first kappa shape index (κ1) is 19.0. The predicted octanol–water partition coefficient (Wildman–Crippen LogP) is 2.01. The number of likely N-dealkylation sites (tertiary alicyclic amines) is 1. The number of carbonyl (C=O) groups excluding carboxylic acids is 2. The topological polar surface area (TPSA) is 61.4 Å². The molecule has 1 saturated heterocycles. The monoisotopic (exact) mass is 341 g/mol. The Morgan fingerprint density at radius 2 is 1.80 bits per heavy atom. The van der Waals surface area contributed by atoms with Crippen molar-refractivity contribution in [1.82, 2.24) is 10.2 Å². The fourth-order valence-electron chi connectivity index (χ4n) is 3.35. The molecule has 0 radical (unpaired) electrons. The van der Waals surface area contributed by atoms with Crippen LogP contribution >= 0.6 is 0 Å². The highest BCUT2D eigenvalue weighted by Gasteiger charge is 2.24. The number of anilines is 1. The summed E-state index contributed by atoms with van der Waals surface area (Å²) >= 11 is 0. The summed E-state index contributed by atoms with van der Waals surface area (Å²) < 4.78 is 0. The Morgan fingerprint density at radius 3 is 2.36 bits per heavy atom. The minimum atomic E-state index is -0.201. The van der Waals surface area contributed by atoms with Crippen LogP contribution in [0.25, 0.3) is 0 Å². The Labute approximate surface area is 150 Å². The number of piperidine rings is 1. The van der Waals surface area contributed by atoms with Gasteiger partial charge in [-0.1, -0.05) is 23.6 Å². The molecule has 0 aliphatic carbocycles. The van der Waals surface area contributed by atoms with Crippen molar-refractivity contribution in [3.05, 3.63) is 28.8 Å². The quantitative estimate of drug-likeness (QED) is 0.806. The first-order chi connectivity index (χ1) is 11.9. The lowest BCUT2D eigenvalue weighted by atomic mass is 9.96. The van der Waals surface area contributed by atoms with Crippen molar-refractivity contribution in [2.45, 2.75) is 33.6 Å². The fourth-order valence-corrected chi connectivity index (χ4v) is 3.35. The third kappa shape index (κ3) is 5.33. The van der Waals surface area contributed by atoms with E-state index in [2.05, 4.69) is 21.5 Å². The molecule has 25 heavy (non-hydrogen) atoms. The highest BCUT2D eigenvalue weighted by molar-refractivity contribution is 5.96. The zero-order chi connectivity index (χ0) is 18.4. The normalized spacial score (nSPS) is 15.4. The third-order valence-corrected chi connectivity index (χ3v) is 4.64. The Balaban J connectivity index is 1.81. The maximum atomic E-state index is 12.2. The number of hydrogen-bond acceptors (Lipinski definition) is 3. The average molecular weight is 341 g/mol. The molecule has 0 atom stereocenters. The van der Waals surface area contributed by atoms with Gasteiger partial charge in [-0.3, -0.25) is 14.5 Å². The van der Waals surface area contributed by atoms with Gasteiger partial charge in [-0.15, -0.1) is 6.42 Å². The summed E-state index contributed by atoms with van der Waals surface area (Å²) in [6, 6.07) is 4.07. The molecule has 1 heterocycles. The van der Waals surface area contributed by atoms with Gasteiger partial charge in [0.1, 0.15) is 0 Å². The van der Waals surface area contributed by atoms with E-state index in [0.29, 0.717) is 6.54 Å². The molecule has 5 nitrogen and oxygen atoms in total. The van der Waals surface area contributed by atoms with E-state index in [1.165, 1.54) is 0 Å². The average Bonchev–Trinajstić information content (AvgIpc) is 2.57. The van der Waals surface area contributed by atoms with Crippen molar-refractivity contribution in [3.63, 3.8) is 0 Å². The van der Waals surface area contributed by atoms with Gasteiger partial charge >= 0.3 is 0 Å². The smallest absolute Gasteiger partial charge is 0.243 e. The van der Waals surface area contributed by atoms with Gasteiger partial charge in [0, 0.05) is 11.6 Å². The second-order valence-corrected chi connectivity index (χ2v) is 6.79. The highest BCUT2D eigenvalue weighted by Crippen LogP contribution is 2.21. The first-order valence-corrected chi connectivity index (χ1v) is 8.72. The maximum Gasteiger partial charge on any atom is 0.243 e. The molecule has 0 unspecified atom stereocenters. The molecule has 0 saturated carbocycles. The van der Waals surface area contributed by atoms with E-state index in [-0.39, 0.29) is 24.3 Å². The van der Waals surface area contributed by atoms with Crippen molar-refractivity contribution in [1.29, 1.82) is 0 Å². The van der Waals surface area contributed by atoms with Gasteiger partial charge < -0.3 is 10.6 Å². The molecule has 0 spiro atoms. The van der Waals surface area contributed by atoms with Crippen LogP contribution in [-0.2, 0) is 9.59 Å². The first-order valence-electron chi connectivity index (χ1n) is 8.72. The van der Waals surface area contributed by atoms with E-state index in [1.54, 1.807) is 0 Å². The molecular formula is C20H27N3O2. The second kappa shape index (κ2) is 8.68. The van der Waals surface area contributed by atoms with Gasteiger partial charge in [0.15, 0.2) is 0 Å². The van der Waals surface area contributed by atoms with E-state index in [0.717, 1.165) is 48.3 Å². The number of terminal acetylenes is 1. The molecule has 2 rings (SSSR count). The number of nitrogens with one attached hydrogen (secondary N) is 2. The molecule has 2 N–H and O–H groups in total. The number of hydrogen-bond donors (Lipinski definition) is 2. The summed E-state index contributed by atoms with van der Waals surface area (Å²) in [4.78, 5) is 26.6. The van der Waals surface area contributed by atoms with Crippen LogP contribution in [0.4, 0.5) is 5.69 Å². The Hall–Kier alpha value is -2.32. The van der Waals surface area contributed by atoms with Crippen molar-refractivity contribution in [2.24, 2.45) is 5.92 Å². The van der Waals surface area contributed by atoms with E-state index in [9.17, 15) is 9.59 Å². The maximum absolute atomic E-state index is 12.2. The number of nitrogens with zero attached hydrogens (tertiary/aromatic N) is 1. The summed E-state index contributed by atoms with van der Waals surface area (Å²) in [5, 5.41) is 5.66. The van der Waals surface area contributed by atoms with E-state index in [1.807, 2.05) is 32.9 Å². The third-order valence-electron chi connectivity index (χ3n) is 4.64. The molecule has 0 aromatic heterocycles. The van der Waals surface area contributed by atoms with Crippen LogP contribution in [0, 0.1) is 39.0 Å². The van der Waals surface area contributed by atoms with E-state index < -0.39 is 0 Å². The predicted molar refractivity (Wildman–Crippen MR) is 100 cm³/mol. The minimum absolute atomic E-state index is 0.00381. The second-order valence-electron chi connectivity index (χ2n) is 6.79. The summed E-state index contributed by atoms with van der Waals surface area (Å²) in [6.07, 6.45) is 6.88. The number of amides is 2. The highest BCUT2D eigenvalue weighted by atomic mass is 16.2. The van der Waals surface area contributed by atoms with Gasteiger partial charge in [-0.2, -0.15) is 0 Å². The van der Waals surface area contributed by atoms with E-state index >= 15 is 0 Å². The Morgan fingerprint density at radius 1 is 1.20 bits per heavy atom. The van der Waals surface area contributed by atoms with Gasteiger partial charge in [0.05, 0.1) is 13.1 Å². The standard InChI is InChI=1S/C20H27N3O2/c1-5-8-23-9-6-17(7-10-23)20(25)21-13-18(24)22-19-15(3)11-14(2)12-16(19)4/h1,11-12,17H,6-10,13H2,2-4H3,(H,21,25)(H,22,24). The lowest BCUT2D eigenvalue weighted by Crippen LogP contribution is -2.42. The van der Waals surface area contributed by atoms with Crippen LogP contribution in [0.15, 0.2) is 12.1 Å². The molecule has 1 aromatic rings. The summed E-state index contributed by atoms with van der Waals surface area (Å²) in [6.45, 7) is 8.26. The van der Waals surface area contributed by atoms with Crippen molar-refractivity contribution < 1.29 is 9.59 Å². The van der Waals surface area contributed by atoms with Crippen LogP contribution in [0.2, 0.25) is 0 Å². The van der Waals surface area contributed by atoms with Gasteiger partial charge in [-0.05, 0) is 57.8 Å². The van der Waals surface area contributed by atoms with Crippen LogP contribution in [-0.4, -0.2) is 42.9 Å². The molecular weight excluding hydrogens is 314 g/mol. The zero-order valence-corrected chi connectivity index (χ0v) is 15.3. The Bertz CT molecular complexity index is 660. The molecule has 0 bridgehead atoms. The number of carbonyl (C=O) groups is 2. The van der Waals surface area contributed by atoms with E-state index in [4.69, 9.17) is 6.42 Å². The van der Waals surface area contributed by atoms with Gasteiger partial charge in [-0.25, -0.2) is 0 Å². The van der Waals surface area contributed by atoms with Crippen molar-refractivity contribution >= 4 is 17.5 Å². The molecule has 1 fully saturated rings. The number of aryl methyl sites for hydroxylation is 3.